The predicted octanol–water partition coefficient (Wildman–Crippen LogP) is 2.24. The summed E-state index contributed by atoms with van der Waals surface area (Å²) in [7, 11) is 0. The van der Waals surface area contributed by atoms with E-state index in [1.807, 2.05) is 0 Å². The van der Waals surface area contributed by atoms with Crippen LogP contribution in [-0.2, 0) is 10.2 Å². The van der Waals surface area contributed by atoms with Crippen molar-refractivity contribution < 1.29 is 23.0 Å². The zero-order chi connectivity index (χ0) is 11.4. The van der Waals surface area contributed by atoms with Crippen LogP contribution < -0.4 is 9.47 Å². The van der Waals surface area contributed by atoms with Crippen LogP contribution in [0.5, 0.6) is 11.5 Å². The maximum Gasteiger partial charge on any atom is 0.586 e. The molecule has 0 atom stereocenters. The van der Waals surface area contributed by atoms with Crippen molar-refractivity contribution >= 4 is 6.29 Å². The number of fused-ring (bicyclic) bond motifs is 1. The van der Waals surface area contributed by atoms with Crippen molar-refractivity contribution in [2.24, 2.45) is 0 Å². The molecule has 0 radical (unpaired) electrons. The van der Waals surface area contributed by atoms with Crippen molar-refractivity contribution in [3.8, 4) is 11.5 Å². The molecular formula is C11H8F2O3. The van der Waals surface area contributed by atoms with Gasteiger partial charge in [0.1, 0.15) is 6.29 Å². The van der Waals surface area contributed by atoms with Crippen molar-refractivity contribution in [3.05, 3.63) is 23.8 Å². The zero-order valence-electron chi connectivity index (χ0n) is 8.20. The quantitative estimate of drug-likeness (QED) is 0.725. The number of aldehydes is 1. The Bertz CT molecular complexity index is 466. The summed E-state index contributed by atoms with van der Waals surface area (Å²) in [5.41, 5.74) is 0.221. The van der Waals surface area contributed by atoms with E-state index in [2.05, 4.69) is 9.47 Å². The monoisotopic (exact) mass is 226 g/mol. The highest BCUT2D eigenvalue weighted by Crippen LogP contribution is 2.50. The summed E-state index contributed by atoms with van der Waals surface area (Å²) < 4.78 is 34.1. The fraction of sp³-hybridized carbons (Fsp3) is 0.364. The number of carbonyl (C=O) groups excluding carboxylic acids is 1. The van der Waals surface area contributed by atoms with Crippen LogP contribution in [0.1, 0.15) is 18.4 Å². The lowest BCUT2D eigenvalue weighted by Crippen LogP contribution is -2.25. The van der Waals surface area contributed by atoms with Gasteiger partial charge in [-0.2, -0.15) is 0 Å². The Morgan fingerprint density at radius 3 is 2.50 bits per heavy atom. The molecule has 0 amide bonds. The van der Waals surface area contributed by atoms with Crippen molar-refractivity contribution in [1.29, 1.82) is 0 Å². The Morgan fingerprint density at radius 2 is 1.88 bits per heavy atom. The number of hydrogen-bond donors (Lipinski definition) is 0. The Labute approximate surface area is 90.0 Å². The minimum atomic E-state index is -3.60. The average molecular weight is 226 g/mol. The predicted molar refractivity (Wildman–Crippen MR) is 49.6 cm³/mol. The fourth-order valence-electron chi connectivity index (χ4n) is 1.87. The Kier molecular flexibility index (Phi) is 1.63. The standard InChI is InChI=1S/C11H8F2O3/c12-11(13)15-8-2-1-7(5-9(8)16-11)10(6-14)3-4-10/h1-2,5-6H,3-4H2. The fourth-order valence-corrected chi connectivity index (χ4v) is 1.87. The second-order valence-corrected chi connectivity index (χ2v) is 4.10. The zero-order valence-corrected chi connectivity index (χ0v) is 8.20. The van der Waals surface area contributed by atoms with E-state index in [0.29, 0.717) is 5.56 Å². The van der Waals surface area contributed by atoms with E-state index in [-0.39, 0.29) is 11.5 Å². The third-order valence-electron chi connectivity index (χ3n) is 2.99. The maximum absolute atomic E-state index is 12.7. The lowest BCUT2D eigenvalue weighted by atomic mass is 9.97. The second-order valence-electron chi connectivity index (χ2n) is 4.10. The summed E-state index contributed by atoms with van der Waals surface area (Å²) >= 11 is 0. The first kappa shape index (κ1) is 9.57. The molecule has 1 aromatic carbocycles. The molecule has 84 valence electrons. The average Bonchev–Trinajstić information content (AvgIpc) is 2.95. The molecule has 3 nitrogen and oxygen atoms in total. The lowest BCUT2D eigenvalue weighted by Gasteiger charge is -2.07. The summed E-state index contributed by atoms with van der Waals surface area (Å²) in [5.74, 6) is 0.00562. The van der Waals surface area contributed by atoms with Crippen LogP contribution in [0.3, 0.4) is 0 Å². The summed E-state index contributed by atoms with van der Waals surface area (Å²) in [6.45, 7) is 0. The van der Waals surface area contributed by atoms with Crippen molar-refractivity contribution in [2.75, 3.05) is 0 Å². The van der Waals surface area contributed by atoms with Gasteiger partial charge in [-0.05, 0) is 30.5 Å². The molecule has 1 saturated carbocycles. The number of alkyl halides is 2. The molecule has 0 bridgehead atoms. The highest BCUT2D eigenvalue weighted by atomic mass is 19.3. The molecule has 1 aromatic rings. The van der Waals surface area contributed by atoms with Crippen LogP contribution in [0.2, 0.25) is 0 Å². The number of rotatable bonds is 2. The van der Waals surface area contributed by atoms with E-state index in [9.17, 15) is 13.6 Å². The third kappa shape index (κ3) is 1.27. The van der Waals surface area contributed by atoms with Gasteiger partial charge in [0, 0.05) is 0 Å². The Morgan fingerprint density at radius 1 is 1.19 bits per heavy atom. The highest BCUT2D eigenvalue weighted by Gasteiger charge is 2.47. The molecule has 0 unspecified atom stereocenters. The summed E-state index contributed by atoms with van der Waals surface area (Å²) in [6, 6.07) is 4.50. The van der Waals surface area contributed by atoms with Crippen molar-refractivity contribution in [2.45, 2.75) is 24.6 Å². The topological polar surface area (TPSA) is 35.5 Å². The van der Waals surface area contributed by atoms with E-state index in [0.717, 1.165) is 19.1 Å². The first-order chi connectivity index (χ1) is 7.55. The largest absolute Gasteiger partial charge is 0.586 e. The van der Waals surface area contributed by atoms with Crippen molar-refractivity contribution in [3.63, 3.8) is 0 Å². The van der Waals surface area contributed by atoms with Crippen LogP contribution in [0, 0.1) is 0 Å². The Hall–Kier alpha value is -1.65. The molecule has 0 aromatic heterocycles. The van der Waals surface area contributed by atoms with Crippen molar-refractivity contribution in [1.82, 2.24) is 0 Å². The number of carbonyl (C=O) groups is 1. The van der Waals surface area contributed by atoms with E-state index < -0.39 is 11.7 Å². The van der Waals surface area contributed by atoms with Crippen LogP contribution in [0.15, 0.2) is 18.2 Å². The van der Waals surface area contributed by atoms with Crippen LogP contribution in [0.25, 0.3) is 0 Å². The van der Waals surface area contributed by atoms with Gasteiger partial charge < -0.3 is 14.3 Å². The Balaban J connectivity index is 1.99. The molecule has 0 spiro atoms. The molecule has 1 heterocycles. The van der Waals surface area contributed by atoms with Gasteiger partial charge in [-0.1, -0.05) is 6.07 Å². The molecule has 2 aliphatic rings. The smallest absolute Gasteiger partial charge is 0.395 e. The second kappa shape index (κ2) is 2.72. The van der Waals surface area contributed by atoms with E-state index >= 15 is 0 Å². The third-order valence-corrected chi connectivity index (χ3v) is 2.99. The lowest BCUT2D eigenvalue weighted by molar-refractivity contribution is -0.286. The molecular weight excluding hydrogens is 218 g/mol. The van der Waals surface area contributed by atoms with E-state index in [4.69, 9.17) is 0 Å². The first-order valence-corrected chi connectivity index (χ1v) is 4.91. The summed E-state index contributed by atoms with van der Waals surface area (Å²) in [4.78, 5) is 10.9. The normalized spacial score (nSPS) is 22.9. The molecule has 5 heteroatoms. The van der Waals surface area contributed by atoms with Gasteiger partial charge in [-0.25, -0.2) is 0 Å². The van der Waals surface area contributed by atoms with Gasteiger partial charge >= 0.3 is 6.29 Å². The molecule has 1 aliphatic carbocycles. The van der Waals surface area contributed by atoms with E-state index in [1.54, 1.807) is 6.07 Å². The highest BCUT2D eigenvalue weighted by molar-refractivity contribution is 5.73. The summed E-state index contributed by atoms with van der Waals surface area (Å²) in [5, 5.41) is 0. The van der Waals surface area contributed by atoms with Crippen LogP contribution >= 0.6 is 0 Å². The van der Waals surface area contributed by atoms with Gasteiger partial charge in [0.25, 0.3) is 0 Å². The van der Waals surface area contributed by atoms with Gasteiger partial charge in [0.2, 0.25) is 0 Å². The number of ether oxygens (including phenoxy) is 2. The maximum atomic E-state index is 12.7. The molecule has 1 aliphatic heterocycles. The first-order valence-electron chi connectivity index (χ1n) is 4.91. The number of halogens is 2. The minimum Gasteiger partial charge on any atom is -0.395 e. The minimum absolute atomic E-state index is 0.00405. The van der Waals surface area contributed by atoms with Gasteiger partial charge in [-0.3, -0.25) is 0 Å². The molecule has 1 fully saturated rings. The van der Waals surface area contributed by atoms with Gasteiger partial charge in [0.05, 0.1) is 5.41 Å². The number of hydrogen-bond acceptors (Lipinski definition) is 3. The molecule has 0 saturated heterocycles. The SMILES string of the molecule is O=CC1(c2ccc3c(c2)OC(F)(F)O3)CC1. The molecule has 16 heavy (non-hydrogen) atoms. The van der Waals surface area contributed by atoms with Crippen LogP contribution in [0.4, 0.5) is 8.78 Å². The van der Waals surface area contributed by atoms with E-state index in [1.165, 1.54) is 12.1 Å². The van der Waals surface area contributed by atoms with Gasteiger partial charge in [0.15, 0.2) is 11.5 Å². The number of benzene rings is 1. The van der Waals surface area contributed by atoms with Gasteiger partial charge in [-0.15, -0.1) is 8.78 Å². The molecule has 0 N–H and O–H groups in total. The van der Waals surface area contributed by atoms with Crippen LogP contribution in [-0.4, -0.2) is 12.6 Å². The summed E-state index contributed by atoms with van der Waals surface area (Å²) in [6.07, 6.45) is -1.22. The molecule has 3 rings (SSSR count).